The van der Waals surface area contributed by atoms with Gasteiger partial charge in [0.05, 0.1) is 11.6 Å². The van der Waals surface area contributed by atoms with Gasteiger partial charge in [-0.05, 0) is 81.9 Å². The molecule has 4 atom stereocenters. The molecule has 0 spiro atoms. The largest absolute Gasteiger partial charge is 0.510 e. The van der Waals surface area contributed by atoms with E-state index in [4.69, 9.17) is 5.73 Å². The van der Waals surface area contributed by atoms with Gasteiger partial charge in [-0.2, -0.15) is 0 Å². The number of phenols is 1. The number of likely N-dealkylation sites (tertiary alicyclic amines) is 1. The minimum Gasteiger partial charge on any atom is -0.510 e. The molecule has 1 aliphatic heterocycles. The van der Waals surface area contributed by atoms with Crippen molar-refractivity contribution in [2.75, 3.05) is 46.2 Å². The monoisotopic (exact) mass is 596 g/mol. The van der Waals surface area contributed by atoms with Crippen molar-refractivity contribution in [1.29, 1.82) is 0 Å². The van der Waals surface area contributed by atoms with Crippen molar-refractivity contribution in [1.82, 2.24) is 9.80 Å². The van der Waals surface area contributed by atoms with E-state index in [0.29, 0.717) is 12.1 Å². The molecule has 6 N–H and O–H groups in total. The number of piperidine rings is 1. The predicted molar refractivity (Wildman–Crippen MR) is 161 cm³/mol. The summed E-state index contributed by atoms with van der Waals surface area (Å²) < 4.78 is 0. The van der Waals surface area contributed by atoms with E-state index >= 15 is 0 Å². The molecule has 1 aromatic rings. The summed E-state index contributed by atoms with van der Waals surface area (Å²) in [5.74, 6) is -5.71. The van der Waals surface area contributed by atoms with Crippen LogP contribution in [0.1, 0.15) is 60.5 Å². The van der Waals surface area contributed by atoms with Gasteiger partial charge in [-0.25, -0.2) is 0 Å². The molecule has 1 amide bonds. The van der Waals surface area contributed by atoms with Crippen molar-refractivity contribution in [3.05, 3.63) is 45.4 Å². The van der Waals surface area contributed by atoms with E-state index in [0.717, 1.165) is 43.1 Å². The quantitative estimate of drug-likeness (QED) is 0.294. The minimum absolute atomic E-state index is 0.0369. The molecule has 11 nitrogen and oxygen atoms in total. The molecule has 43 heavy (non-hydrogen) atoms. The molecular formula is C32H44N4O7. The summed E-state index contributed by atoms with van der Waals surface area (Å²) in [6.07, 6.45) is 5.00. The molecule has 1 fully saturated rings. The second kappa shape index (κ2) is 11.3. The Morgan fingerprint density at radius 3 is 2.33 bits per heavy atom. The van der Waals surface area contributed by atoms with E-state index in [9.17, 15) is 34.8 Å². The van der Waals surface area contributed by atoms with Crippen LogP contribution in [0.15, 0.2) is 28.7 Å². The van der Waals surface area contributed by atoms with Crippen molar-refractivity contribution < 1.29 is 34.8 Å². The lowest BCUT2D eigenvalue weighted by molar-refractivity contribution is -0.148. The van der Waals surface area contributed by atoms with Crippen LogP contribution in [0.5, 0.6) is 5.75 Å². The summed E-state index contributed by atoms with van der Waals surface area (Å²) in [6.45, 7) is 4.75. The number of phenolic OH excluding ortho intramolecular Hbond substituents is 1. The first kappa shape index (κ1) is 31.0. The SMILES string of the molecule is CCCC1CCN(Cc2cc(O)c3c(c2N(C)C)C[C@H]2C[C@H]4[C@H](N(C)C)C(O)=C(C(N)=O)C(=O)[C@@]4(O)C(O)=C2C3=O)CC1. The number of aliphatic hydroxyl groups is 3. The number of aromatic hydroxyl groups is 1. The Morgan fingerprint density at radius 1 is 1.12 bits per heavy atom. The van der Waals surface area contributed by atoms with Crippen LogP contribution in [0.4, 0.5) is 5.69 Å². The van der Waals surface area contributed by atoms with Crippen LogP contribution in [0.25, 0.3) is 0 Å². The van der Waals surface area contributed by atoms with Gasteiger partial charge >= 0.3 is 0 Å². The number of benzene rings is 1. The Kier molecular flexibility index (Phi) is 8.12. The first-order chi connectivity index (χ1) is 20.2. The number of aliphatic hydroxyl groups excluding tert-OH is 2. The number of hydrogen-bond acceptors (Lipinski definition) is 10. The van der Waals surface area contributed by atoms with Gasteiger partial charge in [0, 0.05) is 37.8 Å². The highest BCUT2D eigenvalue weighted by atomic mass is 16.3. The fraction of sp³-hybridized carbons (Fsp3) is 0.594. The first-order valence-electron chi connectivity index (χ1n) is 15.2. The fourth-order valence-electron chi connectivity index (χ4n) is 8.13. The number of carbonyl (C=O) groups is 3. The molecule has 11 heteroatoms. The smallest absolute Gasteiger partial charge is 0.255 e. The van der Waals surface area contributed by atoms with Crippen LogP contribution >= 0.6 is 0 Å². The lowest BCUT2D eigenvalue weighted by Gasteiger charge is -2.50. The second-order valence-electron chi connectivity index (χ2n) is 13.1. The van der Waals surface area contributed by atoms with Gasteiger partial charge < -0.3 is 31.1 Å². The van der Waals surface area contributed by atoms with E-state index < -0.39 is 58.0 Å². The number of rotatable bonds is 7. The number of primary amides is 1. The summed E-state index contributed by atoms with van der Waals surface area (Å²) in [6, 6.07) is 0.594. The van der Waals surface area contributed by atoms with Crippen LogP contribution in [0, 0.1) is 17.8 Å². The highest BCUT2D eigenvalue weighted by molar-refractivity contribution is 6.24. The average Bonchev–Trinajstić information content (AvgIpc) is 2.91. The van der Waals surface area contributed by atoms with E-state index in [1.807, 2.05) is 19.0 Å². The van der Waals surface area contributed by atoms with Crippen molar-refractivity contribution in [3.63, 3.8) is 0 Å². The van der Waals surface area contributed by atoms with Crippen molar-refractivity contribution in [2.24, 2.45) is 23.5 Å². The predicted octanol–water partition coefficient (Wildman–Crippen LogP) is 2.20. The molecule has 3 aliphatic carbocycles. The summed E-state index contributed by atoms with van der Waals surface area (Å²) in [5.41, 5.74) is 4.23. The van der Waals surface area contributed by atoms with Crippen LogP contribution in [0.2, 0.25) is 0 Å². The van der Waals surface area contributed by atoms with E-state index in [-0.39, 0.29) is 29.7 Å². The summed E-state index contributed by atoms with van der Waals surface area (Å²) in [4.78, 5) is 45.6. The maximum Gasteiger partial charge on any atom is 0.255 e. The number of anilines is 1. The number of allylic oxidation sites excluding steroid dienone is 1. The molecule has 1 saturated heterocycles. The van der Waals surface area contributed by atoms with Gasteiger partial charge in [0.2, 0.25) is 5.78 Å². The van der Waals surface area contributed by atoms with E-state index in [1.54, 1.807) is 25.1 Å². The molecule has 1 heterocycles. The number of carbonyl (C=O) groups excluding carboxylic acids is 3. The number of nitrogens with two attached hydrogens (primary N) is 1. The molecule has 1 aromatic carbocycles. The topological polar surface area (TPSA) is 168 Å². The normalized spacial score (nSPS) is 28.2. The number of Topliss-reactive ketones (excluding diaryl/α,β-unsaturated/α-hetero) is 2. The molecule has 0 aromatic heterocycles. The van der Waals surface area contributed by atoms with Crippen molar-refractivity contribution in [3.8, 4) is 5.75 Å². The zero-order chi connectivity index (χ0) is 31.5. The Bertz CT molecular complexity index is 1420. The lowest BCUT2D eigenvalue weighted by Crippen LogP contribution is -2.63. The standard InChI is InChI=1S/C32H44N4O7/c1-6-7-16-8-10-36(11-9-16)15-18-14-21(37)23-19(25(18)34(2)3)12-17-13-20-26(35(4)5)28(39)24(31(33)42)30(41)32(20,43)29(40)22(17)27(23)38/h14,16-17,20,26,37,39-40,43H,6-13,15H2,1-5H3,(H2,33,42)/t17-,20-,26-,32-/m0/s1. The van der Waals surface area contributed by atoms with Gasteiger partial charge in [0.1, 0.15) is 22.8 Å². The summed E-state index contributed by atoms with van der Waals surface area (Å²) in [7, 11) is 7.03. The third-order valence-electron chi connectivity index (χ3n) is 10.0. The maximum absolute atomic E-state index is 14.1. The van der Waals surface area contributed by atoms with Crippen LogP contribution < -0.4 is 10.6 Å². The van der Waals surface area contributed by atoms with Crippen LogP contribution in [-0.2, 0) is 22.6 Å². The third-order valence-corrected chi connectivity index (χ3v) is 10.0. The molecule has 5 rings (SSSR count). The number of amides is 1. The van der Waals surface area contributed by atoms with Gasteiger partial charge in [-0.15, -0.1) is 0 Å². The molecule has 0 unspecified atom stereocenters. The molecule has 0 radical (unpaired) electrons. The Balaban J connectivity index is 1.59. The zero-order valence-corrected chi connectivity index (χ0v) is 25.7. The van der Waals surface area contributed by atoms with E-state index in [1.165, 1.54) is 12.8 Å². The zero-order valence-electron chi connectivity index (χ0n) is 25.7. The Morgan fingerprint density at radius 2 is 1.77 bits per heavy atom. The summed E-state index contributed by atoms with van der Waals surface area (Å²) >= 11 is 0. The lowest BCUT2D eigenvalue weighted by atomic mass is 9.58. The van der Waals surface area contributed by atoms with Gasteiger partial charge in [0.15, 0.2) is 11.4 Å². The number of ketones is 2. The van der Waals surface area contributed by atoms with Crippen LogP contribution in [0.3, 0.4) is 0 Å². The highest BCUT2D eigenvalue weighted by Gasteiger charge is 2.63. The molecule has 0 saturated carbocycles. The van der Waals surface area contributed by atoms with Gasteiger partial charge in [-0.1, -0.05) is 19.8 Å². The summed E-state index contributed by atoms with van der Waals surface area (Å²) in [5, 5.41) is 45.6. The maximum atomic E-state index is 14.1. The van der Waals surface area contributed by atoms with Crippen molar-refractivity contribution >= 4 is 23.2 Å². The minimum atomic E-state index is -2.64. The molecule has 0 bridgehead atoms. The molecule has 234 valence electrons. The number of hydrogen-bond donors (Lipinski definition) is 5. The molecular weight excluding hydrogens is 552 g/mol. The third kappa shape index (κ3) is 4.81. The highest BCUT2D eigenvalue weighted by Crippen LogP contribution is 2.53. The van der Waals surface area contributed by atoms with Crippen LogP contribution in [-0.4, -0.2) is 101 Å². The van der Waals surface area contributed by atoms with Crippen molar-refractivity contribution in [2.45, 2.75) is 63.6 Å². The second-order valence-corrected chi connectivity index (χ2v) is 13.1. The Labute approximate surface area is 252 Å². The van der Waals surface area contributed by atoms with Gasteiger partial charge in [0.25, 0.3) is 5.91 Å². The number of nitrogens with zero attached hydrogens (tertiary/aromatic N) is 3. The first-order valence-corrected chi connectivity index (χ1v) is 15.2. The average molecular weight is 597 g/mol. The Hall–Kier alpha value is -3.41. The van der Waals surface area contributed by atoms with Gasteiger partial charge in [-0.3, -0.25) is 24.2 Å². The number of fused-ring (bicyclic) bond motifs is 3. The van der Waals surface area contributed by atoms with E-state index in [2.05, 4.69) is 11.8 Å². The molecule has 4 aliphatic rings. The number of likely N-dealkylation sites (N-methyl/N-ethyl adjacent to an activating group) is 1. The fourth-order valence-corrected chi connectivity index (χ4v) is 8.13.